The van der Waals surface area contributed by atoms with Crippen molar-refractivity contribution in [3.63, 3.8) is 0 Å². The van der Waals surface area contributed by atoms with Gasteiger partial charge in [0.1, 0.15) is 6.10 Å². The molecule has 0 aromatic rings. The first-order chi connectivity index (χ1) is 9.15. The number of hydrogen-bond acceptors (Lipinski definition) is 3. The third-order valence-electron chi connectivity index (χ3n) is 4.19. The molecule has 0 spiro atoms. The van der Waals surface area contributed by atoms with Crippen molar-refractivity contribution >= 4 is 5.97 Å². The molecule has 0 aliphatic carbocycles. The summed E-state index contributed by atoms with van der Waals surface area (Å²) in [7, 11) is 0. The van der Waals surface area contributed by atoms with Gasteiger partial charge in [-0.3, -0.25) is 4.79 Å². The summed E-state index contributed by atoms with van der Waals surface area (Å²) in [6.07, 6.45) is 5.89. The molecule has 0 saturated carbocycles. The normalized spacial score (nSPS) is 23.3. The maximum absolute atomic E-state index is 11.9. The van der Waals surface area contributed by atoms with E-state index in [1.165, 1.54) is 0 Å². The molecule has 0 bridgehead atoms. The number of nitrogens with one attached hydrogen (secondary N) is 1. The lowest BCUT2D eigenvalue weighted by Crippen LogP contribution is -2.59. The van der Waals surface area contributed by atoms with Gasteiger partial charge in [-0.15, -0.1) is 0 Å². The molecule has 1 heterocycles. The molecule has 3 nitrogen and oxygen atoms in total. The van der Waals surface area contributed by atoms with Crippen molar-refractivity contribution in [1.82, 2.24) is 5.32 Å². The summed E-state index contributed by atoms with van der Waals surface area (Å²) in [6, 6.07) is 0. The first-order valence-electron chi connectivity index (χ1n) is 8.14. The Labute approximate surface area is 124 Å². The third-order valence-corrected chi connectivity index (χ3v) is 4.19. The maximum Gasteiger partial charge on any atom is 0.306 e. The molecule has 0 radical (unpaired) electrons. The lowest BCUT2D eigenvalue weighted by molar-refractivity contribution is -0.152. The first kappa shape index (κ1) is 17.5. The molecule has 1 N–H and O–H groups in total. The van der Waals surface area contributed by atoms with Crippen LogP contribution < -0.4 is 5.32 Å². The second-order valence-corrected chi connectivity index (χ2v) is 7.71. The van der Waals surface area contributed by atoms with Gasteiger partial charge >= 0.3 is 5.97 Å². The summed E-state index contributed by atoms with van der Waals surface area (Å²) >= 11 is 0. The molecule has 3 heteroatoms. The van der Waals surface area contributed by atoms with Gasteiger partial charge in [-0.05, 0) is 59.8 Å². The summed E-state index contributed by atoms with van der Waals surface area (Å²) < 4.78 is 5.66. The van der Waals surface area contributed by atoms with E-state index in [1.54, 1.807) is 0 Å². The zero-order valence-corrected chi connectivity index (χ0v) is 14.2. The van der Waals surface area contributed by atoms with Crippen molar-refractivity contribution in [2.75, 3.05) is 0 Å². The minimum Gasteiger partial charge on any atom is -0.462 e. The van der Waals surface area contributed by atoms with Gasteiger partial charge in [-0.2, -0.15) is 0 Å². The van der Waals surface area contributed by atoms with Crippen LogP contribution in [0.15, 0.2) is 0 Å². The summed E-state index contributed by atoms with van der Waals surface area (Å²) in [5.74, 6) is 0.413. The fourth-order valence-corrected chi connectivity index (χ4v) is 3.61. The Morgan fingerprint density at radius 3 is 2.25 bits per heavy atom. The van der Waals surface area contributed by atoms with E-state index in [4.69, 9.17) is 4.74 Å². The predicted molar refractivity (Wildman–Crippen MR) is 83.7 cm³/mol. The van der Waals surface area contributed by atoms with Gasteiger partial charge in [0.25, 0.3) is 0 Å². The number of carbonyl (C=O) groups is 1. The number of carbonyl (C=O) groups excluding carboxylic acids is 1. The smallest absolute Gasteiger partial charge is 0.306 e. The van der Waals surface area contributed by atoms with Crippen LogP contribution in [0, 0.1) is 5.92 Å². The molecular formula is C17H33NO2. The Kier molecular flexibility index (Phi) is 6.06. The van der Waals surface area contributed by atoms with Gasteiger partial charge in [0.2, 0.25) is 0 Å². The van der Waals surface area contributed by atoms with Gasteiger partial charge in [-0.25, -0.2) is 0 Å². The van der Waals surface area contributed by atoms with E-state index in [9.17, 15) is 4.79 Å². The highest BCUT2D eigenvalue weighted by Gasteiger charge is 2.40. The van der Waals surface area contributed by atoms with Crippen molar-refractivity contribution in [3.8, 4) is 0 Å². The van der Waals surface area contributed by atoms with Gasteiger partial charge in [0.15, 0.2) is 0 Å². The van der Waals surface area contributed by atoms with Crippen molar-refractivity contribution in [1.29, 1.82) is 0 Å². The topological polar surface area (TPSA) is 38.3 Å². The van der Waals surface area contributed by atoms with Gasteiger partial charge in [-0.1, -0.05) is 19.8 Å². The second kappa shape index (κ2) is 6.93. The van der Waals surface area contributed by atoms with Crippen molar-refractivity contribution in [3.05, 3.63) is 0 Å². The van der Waals surface area contributed by atoms with Crippen LogP contribution in [0.4, 0.5) is 0 Å². The summed E-state index contributed by atoms with van der Waals surface area (Å²) in [4.78, 5) is 11.9. The molecule has 1 atom stereocenters. The van der Waals surface area contributed by atoms with E-state index in [0.29, 0.717) is 12.3 Å². The first-order valence-corrected chi connectivity index (χ1v) is 8.14. The van der Waals surface area contributed by atoms with Crippen LogP contribution in [0.1, 0.15) is 80.1 Å². The van der Waals surface area contributed by atoms with Gasteiger partial charge in [0, 0.05) is 17.5 Å². The molecule has 0 amide bonds. The van der Waals surface area contributed by atoms with E-state index < -0.39 is 0 Å². The average Bonchev–Trinajstić information content (AvgIpc) is 2.25. The number of unbranched alkanes of at least 4 members (excludes halogenated alkanes) is 2. The average molecular weight is 283 g/mol. The zero-order valence-electron chi connectivity index (χ0n) is 14.2. The predicted octanol–water partition coefficient (Wildman–Crippen LogP) is 4.06. The minimum atomic E-state index is -0.0277. The van der Waals surface area contributed by atoms with E-state index in [1.807, 2.05) is 0 Å². The van der Waals surface area contributed by atoms with Crippen LogP contribution in [-0.2, 0) is 9.53 Å². The van der Waals surface area contributed by atoms with E-state index in [2.05, 4.69) is 46.9 Å². The molecule has 1 saturated heterocycles. The van der Waals surface area contributed by atoms with Crippen molar-refractivity contribution in [2.24, 2.45) is 5.92 Å². The van der Waals surface area contributed by atoms with E-state index >= 15 is 0 Å². The van der Waals surface area contributed by atoms with Crippen LogP contribution in [0.25, 0.3) is 0 Å². The maximum atomic E-state index is 11.9. The Bertz CT molecular complexity index is 307. The molecule has 0 aromatic carbocycles. The van der Waals surface area contributed by atoms with Crippen LogP contribution in [0.3, 0.4) is 0 Å². The van der Waals surface area contributed by atoms with Crippen molar-refractivity contribution < 1.29 is 9.53 Å². The molecule has 1 fully saturated rings. The molecule has 0 aromatic heterocycles. The number of rotatable bonds is 6. The lowest BCUT2D eigenvalue weighted by atomic mass is 9.74. The monoisotopic (exact) mass is 283 g/mol. The third kappa shape index (κ3) is 5.82. The Balaban J connectivity index is 2.49. The fourth-order valence-electron chi connectivity index (χ4n) is 3.61. The van der Waals surface area contributed by atoms with Crippen LogP contribution in [0.5, 0.6) is 0 Å². The Morgan fingerprint density at radius 2 is 1.75 bits per heavy atom. The highest BCUT2D eigenvalue weighted by atomic mass is 16.5. The van der Waals surface area contributed by atoms with Crippen LogP contribution in [-0.4, -0.2) is 23.2 Å². The second-order valence-electron chi connectivity index (χ2n) is 7.71. The number of hydrogen-bond donors (Lipinski definition) is 1. The summed E-state index contributed by atoms with van der Waals surface area (Å²) in [6.45, 7) is 13.1. The largest absolute Gasteiger partial charge is 0.462 e. The van der Waals surface area contributed by atoms with E-state index in [-0.39, 0.29) is 23.2 Å². The fraction of sp³-hybridized carbons (Fsp3) is 0.941. The zero-order chi connectivity index (χ0) is 15.4. The summed E-state index contributed by atoms with van der Waals surface area (Å²) in [5, 5.41) is 3.67. The molecule has 1 unspecified atom stereocenters. The lowest BCUT2D eigenvalue weighted by Gasteiger charge is -2.47. The molecular weight excluding hydrogens is 250 g/mol. The quantitative estimate of drug-likeness (QED) is 0.590. The Hall–Kier alpha value is -0.570. The number of esters is 1. The van der Waals surface area contributed by atoms with E-state index in [0.717, 1.165) is 32.1 Å². The minimum absolute atomic E-state index is 0.0183. The molecule has 1 aliphatic rings. The van der Waals surface area contributed by atoms with Crippen LogP contribution >= 0.6 is 0 Å². The number of ether oxygens (including phenoxy) is 1. The summed E-state index contributed by atoms with van der Waals surface area (Å²) in [5.41, 5.74) is 0.213. The highest BCUT2D eigenvalue weighted by Crippen LogP contribution is 2.35. The Morgan fingerprint density at radius 1 is 1.20 bits per heavy atom. The molecule has 1 rings (SSSR count). The molecule has 20 heavy (non-hydrogen) atoms. The molecule has 1 aliphatic heterocycles. The number of piperidine rings is 1. The van der Waals surface area contributed by atoms with Crippen molar-refractivity contribution in [2.45, 2.75) is 97.2 Å². The highest BCUT2D eigenvalue weighted by molar-refractivity contribution is 5.69. The standard InChI is InChI=1S/C17H33NO2/c1-7-8-9-10-15(19)20-13(2)14-11-16(3,4)18-17(5,6)12-14/h13-14,18H,7-12H2,1-6H3. The van der Waals surface area contributed by atoms with Gasteiger partial charge < -0.3 is 10.1 Å². The van der Waals surface area contributed by atoms with Gasteiger partial charge in [0.05, 0.1) is 0 Å². The van der Waals surface area contributed by atoms with Crippen LogP contribution in [0.2, 0.25) is 0 Å². The molecule has 118 valence electrons. The SMILES string of the molecule is CCCCCC(=O)OC(C)C1CC(C)(C)NC(C)(C)C1.